The van der Waals surface area contributed by atoms with Crippen molar-refractivity contribution in [2.75, 3.05) is 7.11 Å². The molecule has 0 bridgehead atoms. The van der Waals surface area contributed by atoms with Gasteiger partial charge in [-0.15, -0.1) is 0 Å². The molecule has 1 aromatic rings. The highest BCUT2D eigenvalue weighted by atomic mass is 19.1. The lowest BCUT2D eigenvalue weighted by Crippen LogP contribution is -2.11. The van der Waals surface area contributed by atoms with Crippen molar-refractivity contribution in [3.05, 3.63) is 29.1 Å². The number of rotatable bonds is 5. The molecule has 98 valence electrons. The minimum atomic E-state index is -0.851. The lowest BCUT2D eigenvalue weighted by molar-refractivity contribution is -0.137. The molecular weight excluding hydrogens is 235 g/mol. The number of benzene rings is 1. The predicted octanol–water partition coefficient (Wildman–Crippen LogP) is 3.11. The number of hydrogen-bond donors (Lipinski definition) is 1. The minimum Gasteiger partial charge on any atom is -0.493 e. The lowest BCUT2D eigenvalue weighted by atomic mass is 9.89. The summed E-state index contributed by atoms with van der Waals surface area (Å²) in [5.41, 5.74) is 1.49. The van der Waals surface area contributed by atoms with E-state index in [4.69, 9.17) is 9.84 Å². The van der Waals surface area contributed by atoms with E-state index in [1.165, 1.54) is 13.2 Å². The first-order valence-corrected chi connectivity index (χ1v) is 6.08. The minimum absolute atomic E-state index is 0.0317. The molecule has 1 fully saturated rings. The monoisotopic (exact) mass is 252 g/mol. The van der Waals surface area contributed by atoms with Crippen LogP contribution in [0.4, 0.5) is 4.39 Å². The van der Waals surface area contributed by atoms with Gasteiger partial charge in [0.25, 0.3) is 0 Å². The highest BCUT2D eigenvalue weighted by molar-refractivity contribution is 5.68. The van der Waals surface area contributed by atoms with E-state index in [0.29, 0.717) is 11.5 Å². The van der Waals surface area contributed by atoms with E-state index in [0.717, 1.165) is 18.4 Å². The van der Waals surface area contributed by atoms with Gasteiger partial charge in [0.1, 0.15) is 0 Å². The van der Waals surface area contributed by atoms with Crippen LogP contribution in [-0.2, 0) is 4.79 Å². The van der Waals surface area contributed by atoms with Crippen molar-refractivity contribution >= 4 is 5.97 Å². The quantitative estimate of drug-likeness (QED) is 0.875. The van der Waals surface area contributed by atoms with Crippen LogP contribution in [0.15, 0.2) is 12.1 Å². The summed E-state index contributed by atoms with van der Waals surface area (Å²) in [5, 5.41) is 8.99. The Morgan fingerprint density at radius 2 is 2.22 bits per heavy atom. The summed E-state index contributed by atoms with van der Waals surface area (Å²) in [6, 6.07) is 3.25. The third kappa shape index (κ3) is 2.63. The smallest absolute Gasteiger partial charge is 0.303 e. The second-order valence-electron chi connectivity index (χ2n) is 4.91. The molecule has 0 heterocycles. The van der Waals surface area contributed by atoms with Crippen LogP contribution in [0.25, 0.3) is 0 Å². The van der Waals surface area contributed by atoms with Gasteiger partial charge in [-0.3, -0.25) is 4.79 Å². The molecule has 1 aliphatic carbocycles. The Morgan fingerprint density at radius 3 is 2.72 bits per heavy atom. The molecular formula is C14H17FO3. The zero-order valence-corrected chi connectivity index (χ0v) is 10.6. The fourth-order valence-electron chi connectivity index (χ4n) is 2.46. The average Bonchev–Trinajstić information content (AvgIpc) is 3.08. The standard InChI is InChI=1S/C14H17FO3/c1-8-5-11(14(18-2)12(15)6-8)10(7-13(16)17)9-3-4-9/h5-6,9-10H,3-4,7H2,1-2H3,(H,16,17). The molecule has 1 N–H and O–H groups in total. The molecule has 0 aliphatic heterocycles. The molecule has 1 unspecified atom stereocenters. The Kier molecular flexibility index (Phi) is 3.55. The summed E-state index contributed by atoms with van der Waals surface area (Å²) < 4.78 is 18.9. The van der Waals surface area contributed by atoms with Gasteiger partial charge >= 0.3 is 5.97 Å². The topological polar surface area (TPSA) is 46.5 Å². The summed E-state index contributed by atoms with van der Waals surface area (Å²) in [6.45, 7) is 1.80. The number of methoxy groups -OCH3 is 1. The maximum absolute atomic E-state index is 13.8. The van der Waals surface area contributed by atoms with Gasteiger partial charge in [0.15, 0.2) is 11.6 Å². The first-order chi connectivity index (χ1) is 8.52. The van der Waals surface area contributed by atoms with E-state index in [2.05, 4.69) is 0 Å². The van der Waals surface area contributed by atoms with E-state index < -0.39 is 11.8 Å². The molecule has 0 aromatic heterocycles. The Bertz CT molecular complexity index is 466. The summed E-state index contributed by atoms with van der Waals surface area (Å²) in [6.07, 6.45) is 2.05. The van der Waals surface area contributed by atoms with Gasteiger partial charge in [0, 0.05) is 11.5 Å². The number of carboxylic acids is 1. The van der Waals surface area contributed by atoms with Gasteiger partial charge in [-0.05, 0) is 37.3 Å². The second-order valence-corrected chi connectivity index (χ2v) is 4.91. The number of aryl methyl sites for hydroxylation is 1. The predicted molar refractivity (Wildman–Crippen MR) is 65.4 cm³/mol. The summed E-state index contributed by atoms with van der Waals surface area (Å²) >= 11 is 0. The van der Waals surface area contributed by atoms with E-state index in [-0.39, 0.29) is 18.1 Å². The zero-order valence-electron chi connectivity index (χ0n) is 10.6. The van der Waals surface area contributed by atoms with Crippen LogP contribution in [0, 0.1) is 18.7 Å². The third-order valence-electron chi connectivity index (χ3n) is 3.41. The first-order valence-electron chi connectivity index (χ1n) is 6.08. The molecule has 4 heteroatoms. The van der Waals surface area contributed by atoms with Crippen LogP contribution in [0.5, 0.6) is 5.75 Å². The lowest BCUT2D eigenvalue weighted by Gasteiger charge is -2.19. The van der Waals surface area contributed by atoms with Crippen molar-refractivity contribution < 1.29 is 19.0 Å². The van der Waals surface area contributed by atoms with Crippen molar-refractivity contribution in [1.29, 1.82) is 0 Å². The molecule has 1 saturated carbocycles. The zero-order chi connectivity index (χ0) is 13.3. The SMILES string of the molecule is COc1c(F)cc(C)cc1C(CC(=O)O)C1CC1. The largest absolute Gasteiger partial charge is 0.493 e. The molecule has 3 nitrogen and oxygen atoms in total. The molecule has 0 saturated heterocycles. The summed E-state index contributed by atoms with van der Waals surface area (Å²) in [5.74, 6) is -0.874. The second kappa shape index (κ2) is 4.96. The van der Waals surface area contributed by atoms with E-state index in [1.807, 2.05) is 6.07 Å². The van der Waals surface area contributed by atoms with Crippen molar-refractivity contribution in [2.24, 2.45) is 5.92 Å². The molecule has 1 aromatic carbocycles. The third-order valence-corrected chi connectivity index (χ3v) is 3.41. The maximum Gasteiger partial charge on any atom is 0.303 e. The van der Waals surface area contributed by atoms with Gasteiger partial charge < -0.3 is 9.84 Å². The molecule has 1 atom stereocenters. The molecule has 1 aliphatic rings. The number of carboxylic acid groups (broad SMARTS) is 1. The van der Waals surface area contributed by atoms with Crippen LogP contribution in [0.1, 0.15) is 36.3 Å². The van der Waals surface area contributed by atoms with Crippen LogP contribution >= 0.6 is 0 Å². The maximum atomic E-state index is 13.8. The van der Waals surface area contributed by atoms with Gasteiger partial charge in [0.2, 0.25) is 0 Å². The van der Waals surface area contributed by atoms with Crippen molar-refractivity contribution in [2.45, 2.75) is 32.1 Å². The molecule has 0 amide bonds. The van der Waals surface area contributed by atoms with E-state index in [1.54, 1.807) is 6.92 Å². The van der Waals surface area contributed by atoms with Gasteiger partial charge in [-0.2, -0.15) is 0 Å². The fraction of sp³-hybridized carbons (Fsp3) is 0.500. The van der Waals surface area contributed by atoms with Gasteiger partial charge in [-0.1, -0.05) is 6.07 Å². The summed E-state index contributed by atoms with van der Waals surface area (Å²) in [7, 11) is 1.42. The molecule has 0 radical (unpaired) electrons. The fourth-order valence-corrected chi connectivity index (χ4v) is 2.46. The van der Waals surface area contributed by atoms with Crippen molar-refractivity contribution in [3.63, 3.8) is 0 Å². The van der Waals surface area contributed by atoms with E-state index in [9.17, 15) is 9.18 Å². The Labute approximate surface area is 106 Å². The summed E-state index contributed by atoms with van der Waals surface area (Å²) in [4.78, 5) is 11.0. The Balaban J connectivity index is 2.42. The number of hydrogen-bond acceptors (Lipinski definition) is 2. The first kappa shape index (κ1) is 12.9. The average molecular weight is 252 g/mol. The highest BCUT2D eigenvalue weighted by Gasteiger charge is 2.36. The molecule has 0 spiro atoms. The molecule has 18 heavy (non-hydrogen) atoms. The number of ether oxygens (including phenoxy) is 1. The van der Waals surface area contributed by atoms with E-state index >= 15 is 0 Å². The number of aliphatic carboxylic acids is 1. The van der Waals surface area contributed by atoms with Gasteiger partial charge in [-0.25, -0.2) is 4.39 Å². The van der Waals surface area contributed by atoms with Crippen LogP contribution in [0.2, 0.25) is 0 Å². The highest BCUT2D eigenvalue weighted by Crippen LogP contribution is 2.47. The van der Waals surface area contributed by atoms with Crippen molar-refractivity contribution in [3.8, 4) is 5.75 Å². The normalized spacial score (nSPS) is 16.4. The van der Waals surface area contributed by atoms with Gasteiger partial charge in [0.05, 0.1) is 13.5 Å². The van der Waals surface area contributed by atoms with Crippen LogP contribution in [-0.4, -0.2) is 18.2 Å². The van der Waals surface area contributed by atoms with Crippen molar-refractivity contribution in [1.82, 2.24) is 0 Å². The number of halogens is 1. The molecule has 2 rings (SSSR count). The number of carbonyl (C=O) groups is 1. The van der Waals surface area contributed by atoms with Crippen LogP contribution < -0.4 is 4.74 Å². The Morgan fingerprint density at radius 1 is 1.56 bits per heavy atom. The Hall–Kier alpha value is -1.58. The van der Waals surface area contributed by atoms with Crippen LogP contribution in [0.3, 0.4) is 0 Å².